The van der Waals surface area contributed by atoms with Crippen LogP contribution in [0.5, 0.6) is 0 Å². The SMILES string of the molecule is CNC(=O)C[C@@H](C)N(C)C/C(C)=C/c1ccco1. The van der Waals surface area contributed by atoms with E-state index in [0.717, 1.165) is 12.3 Å². The zero-order valence-electron chi connectivity index (χ0n) is 11.6. The summed E-state index contributed by atoms with van der Waals surface area (Å²) in [5.74, 6) is 0.932. The van der Waals surface area contributed by atoms with Crippen LogP contribution in [0.15, 0.2) is 28.4 Å². The van der Waals surface area contributed by atoms with Gasteiger partial charge in [0, 0.05) is 26.1 Å². The molecule has 1 aromatic rings. The minimum absolute atomic E-state index is 0.0713. The van der Waals surface area contributed by atoms with Crippen LogP contribution in [-0.4, -0.2) is 37.5 Å². The number of rotatable bonds is 6. The summed E-state index contributed by atoms with van der Waals surface area (Å²) in [6, 6.07) is 4.01. The molecule has 4 nitrogen and oxygen atoms in total. The van der Waals surface area contributed by atoms with Gasteiger partial charge in [0.25, 0.3) is 0 Å². The molecular weight excluding hydrogens is 228 g/mol. The molecule has 4 heteroatoms. The van der Waals surface area contributed by atoms with E-state index < -0.39 is 0 Å². The van der Waals surface area contributed by atoms with Crippen molar-refractivity contribution in [3.8, 4) is 0 Å². The Morgan fingerprint density at radius 1 is 1.61 bits per heavy atom. The van der Waals surface area contributed by atoms with E-state index in [4.69, 9.17) is 4.42 Å². The molecule has 0 aromatic carbocycles. The zero-order chi connectivity index (χ0) is 13.5. The lowest BCUT2D eigenvalue weighted by Crippen LogP contribution is -2.35. The van der Waals surface area contributed by atoms with Gasteiger partial charge in [-0.15, -0.1) is 0 Å². The Bertz CT molecular complexity index is 396. The Kier molecular flexibility index (Phi) is 5.65. The lowest BCUT2D eigenvalue weighted by molar-refractivity contribution is -0.121. The number of nitrogens with zero attached hydrogens (tertiary/aromatic N) is 1. The molecule has 1 N–H and O–H groups in total. The number of hydrogen-bond donors (Lipinski definition) is 1. The lowest BCUT2D eigenvalue weighted by atomic mass is 10.1. The van der Waals surface area contributed by atoms with Crippen LogP contribution in [0.3, 0.4) is 0 Å². The summed E-state index contributed by atoms with van der Waals surface area (Å²) in [6.45, 7) is 4.93. The van der Waals surface area contributed by atoms with Crippen molar-refractivity contribution in [1.29, 1.82) is 0 Å². The van der Waals surface area contributed by atoms with Crippen molar-refractivity contribution in [3.63, 3.8) is 0 Å². The smallest absolute Gasteiger partial charge is 0.221 e. The second kappa shape index (κ2) is 7.01. The topological polar surface area (TPSA) is 45.5 Å². The summed E-state index contributed by atoms with van der Waals surface area (Å²) in [5.41, 5.74) is 1.20. The summed E-state index contributed by atoms with van der Waals surface area (Å²) in [5, 5.41) is 2.65. The molecule has 18 heavy (non-hydrogen) atoms. The summed E-state index contributed by atoms with van der Waals surface area (Å²) in [6.07, 6.45) is 4.20. The fraction of sp³-hybridized carbons (Fsp3) is 0.500. The third-order valence-corrected chi connectivity index (χ3v) is 2.94. The van der Waals surface area contributed by atoms with Crippen molar-refractivity contribution in [2.45, 2.75) is 26.3 Å². The van der Waals surface area contributed by atoms with Crippen LogP contribution in [0.25, 0.3) is 6.08 Å². The molecule has 0 spiro atoms. The highest BCUT2D eigenvalue weighted by atomic mass is 16.3. The van der Waals surface area contributed by atoms with Crippen molar-refractivity contribution in [2.24, 2.45) is 0 Å². The Morgan fingerprint density at radius 3 is 2.89 bits per heavy atom. The molecule has 0 fully saturated rings. The molecule has 0 saturated carbocycles. The molecule has 1 rings (SSSR count). The number of amides is 1. The van der Waals surface area contributed by atoms with E-state index in [1.807, 2.05) is 25.3 Å². The largest absolute Gasteiger partial charge is 0.465 e. The first-order valence-electron chi connectivity index (χ1n) is 6.14. The van der Waals surface area contributed by atoms with Gasteiger partial charge in [0.05, 0.1) is 6.26 Å². The second-order valence-electron chi connectivity index (χ2n) is 4.65. The van der Waals surface area contributed by atoms with Gasteiger partial charge >= 0.3 is 0 Å². The van der Waals surface area contributed by atoms with E-state index in [1.54, 1.807) is 13.3 Å². The van der Waals surface area contributed by atoms with Crippen molar-refractivity contribution in [3.05, 3.63) is 29.7 Å². The van der Waals surface area contributed by atoms with Crippen LogP contribution in [0.1, 0.15) is 26.0 Å². The molecular formula is C14H22N2O2. The van der Waals surface area contributed by atoms with E-state index in [-0.39, 0.29) is 11.9 Å². The summed E-state index contributed by atoms with van der Waals surface area (Å²) < 4.78 is 5.27. The van der Waals surface area contributed by atoms with Crippen LogP contribution in [0.2, 0.25) is 0 Å². The van der Waals surface area contributed by atoms with Gasteiger partial charge in [-0.25, -0.2) is 0 Å². The van der Waals surface area contributed by atoms with Gasteiger partial charge in [-0.3, -0.25) is 9.69 Å². The Morgan fingerprint density at radius 2 is 2.33 bits per heavy atom. The van der Waals surface area contributed by atoms with Crippen molar-refractivity contribution in [2.75, 3.05) is 20.6 Å². The van der Waals surface area contributed by atoms with E-state index in [1.165, 1.54) is 5.57 Å². The van der Waals surface area contributed by atoms with Crippen molar-refractivity contribution in [1.82, 2.24) is 10.2 Å². The van der Waals surface area contributed by atoms with Crippen molar-refractivity contribution < 1.29 is 9.21 Å². The van der Waals surface area contributed by atoms with Crippen LogP contribution in [0.4, 0.5) is 0 Å². The van der Waals surface area contributed by atoms with Crippen LogP contribution in [0, 0.1) is 0 Å². The van der Waals surface area contributed by atoms with E-state index in [2.05, 4.69) is 24.1 Å². The minimum atomic E-state index is 0.0713. The third-order valence-electron chi connectivity index (χ3n) is 2.94. The molecule has 0 aliphatic heterocycles. The number of nitrogens with one attached hydrogen (secondary N) is 1. The fourth-order valence-corrected chi connectivity index (χ4v) is 1.74. The molecule has 0 bridgehead atoms. The van der Waals surface area contributed by atoms with E-state index >= 15 is 0 Å². The Labute approximate surface area is 109 Å². The molecule has 0 saturated heterocycles. The monoisotopic (exact) mass is 250 g/mol. The Hall–Kier alpha value is -1.55. The lowest BCUT2D eigenvalue weighted by Gasteiger charge is -2.24. The average Bonchev–Trinajstić information content (AvgIpc) is 2.81. The minimum Gasteiger partial charge on any atom is -0.465 e. The second-order valence-corrected chi connectivity index (χ2v) is 4.65. The molecule has 0 unspecified atom stereocenters. The predicted molar refractivity (Wildman–Crippen MR) is 73.1 cm³/mol. The molecule has 1 heterocycles. The fourth-order valence-electron chi connectivity index (χ4n) is 1.74. The maximum atomic E-state index is 11.3. The molecule has 0 radical (unpaired) electrons. The third kappa shape index (κ3) is 4.75. The first-order chi connectivity index (χ1) is 8.52. The van der Waals surface area contributed by atoms with Gasteiger partial charge in [0.1, 0.15) is 5.76 Å². The quantitative estimate of drug-likeness (QED) is 0.841. The Balaban J connectivity index is 2.48. The van der Waals surface area contributed by atoms with Crippen LogP contribution < -0.4 is 5.32 Å². The standard InChI is InChI=1S/C14H22N2O2/c1-11(8-13-6-5-7-18-13)10-16(4)12(2)9-14(17)15-3/h5-8,12H,9-10H2,1-4H3,(H,15,17)/b11-8+/t12-/m1/s1. The van der Waals surface area contributed by atoms with Gasteiger partial charge in [-0.2, -0.15) is 0 Å². The first kappa shape index (κ1) is 14.5. The molecule has 0 aliphatic carbocycles. The van der Waals surface area contributed by atoms with Gasteiger partial charge in [0.15, 0.2) is 0 Å². The van der Waals surface area contributed by atoms with E-state index in [9.17, 15) is 4.79 Å². The summed E-state index contributed by atoms with van der Waals surface area (Å²) in [4.78, 5) is 13.5. The van der Waals surface area contributed by atoms with Crippen LogP contribution in [-0.2, 0) is 4.79 Å². The number of carbonyl (C=O) groups is 1. The number of likely N-dealkylation sites (N-methyl/N-ethyl adjacent to an activating group) is 1. The van der Waals surface area contributed by atoms with Gasteiger partial charge in [0.2, 0.25) is 5.91 Å². The highest BCUT2D eigenvalue weighted by Gasteiger charge is 2.13. The zero-order valence-corrected chi connectivity index (χ0v) is 11.6. The molecule has 100 valence electrons. The molecule has 1 atom stereocenters. The highest BCUT2D eigenvalue weighted by molar-refractivity contribution is 5.76. The molecule has 1 amide bonds. The predicted octanol–water partition coefficient (Wildman–Crippen LogP) is 2.14. The normalized spacial score (nSPS) is 13.7. The van der Waals surface area contributed by atoms with Gasteiger partial charge in [-0.1, -0.05) is 5.57 Å². The molecule has 0 aliphatic rings. The maximum Gasteiger partial charge on any atom is 0.221 e. The highest BCUT2D eigenvalue weighted by Crippen LogP contribution is 2.10. The van der Waals surface area contributed by atoms with Crippen molar-refractivity contribution >= 4 is 12.0 Å². The number of hydrogen-bond acceptors (Lipinski definition) is 3. The van der Waals surface area contributed by atoms with Crippen LogP contribution >= 0.6 is 0 Å². The van der Waals surface area contributed by atoms with E-state index in [0.29, 0.717) is 6.42 Å². The summed E-state index contributed by atoms with van der Waals surface area (Å²) >= 11 is 0. The number of carbonyl (C=O) groups excluding carboxylic acids is 1. The number of furan rings is 1. The maximum absolute atomic E-state index is 11.3. The van der Waals surface area contributed by atoms with Gasteiger partial charge < -0.3 is 9.73 Å². The average molecular weight is 250 g/mol. The summed E-state index contributed by atoms with van der Waals surface area (Å²) in [7, 11) is 3.68. The molecule has 1 aromatic heterocycles. The first-order valence-corrected chi connectivity index (χ1v) is 6.14. The van der Waals surface area contributed by atoms with Gasteiger partial charge in [-0.05, 0) is 39.1 Å².